The van der Waals surface area contributed by atoms with Crippen LogP contribution in [0, 0.1) is 0 Å². The molecule has 0 aliphatic rings. The number of aromatic nitrogens is 3. The summed E-state index contributed by atoms with van der Waals surface area (Å²) >= 11 is 0. The van der Waals surface area contributed by atoms with E-state index in [1.165, 1.54) is 0 Å². The highest BCUT2D eigenvalue weighted by Crippen LogP contribution is 2.28. The lowest BCUT2D eigenvalue weighted by Crippen LogP contribution is -2.34. The molecule has 0 aliphatic carbocycles. The van der Waals surface area contributed by atoms with Gasteiger partial charge in [-0.3, -0.25) is 0 Å². The number of nitrogens with zero attached hydrogens (tertiary/aromatic N) is 6. The first-order chi connectivity index (χ1) is 26.5. The van der Waals surface area contributed by atoms with E-state index in [9.17, 15) is 25.5 Å². The van der Waals surface area contributed by atoms with Crippen LogP contribution in [0.25, 0.3) is 0 Å². The third-order valence-electron chi connectivity index (χ3n) is 7.98. The molecule has 4 rings (SSSR count). The standard InChI is InChI=1S/C38H52N6O10/c45-16-13-42(27-30-7-1-4-10-33(30)52-23-20-49)36-39-37(43(14-17-46)28-31-8-2-5-11-34(31)53-24-21-50)41-38(40-36)44(15-18-47)29-32-9-3-6-12-35(32)54-26-25-51-22-19-48/h1-12,45-50H,13-29H2. The number of rotatable bonds is 27. The van der Waals surface area contributed by atoms with Crippen LogP contribution in [0.4, 0.5) is 17.8 Å². The number of anilines is 3. The molecule has 294 valence electrons. The van der Waals surface area contributed by atoms with E-state index >= 15 is 0 Å². The van der Waals surface area contributed by atoms with Gasteiger partial charge in [-0.1, -0.05) is 54.6 Å². The van der Waals surface area contributed by atoms with Gasteiger partial charge in [-0.15, -0.1) is 0 Å². The molecule has 1 aromatic heterocycles. The third-order valence-corrected chi connectivity index (χ3v) is 7.98. The van der Waals surface area contributed by atoms with E-state index in [0.717, 1.165) is 16.7 Å². The smallest absolute Gasteiger partial charge is 0.232 e. The van der Waals surface area contributed by atoms with Crippen molar-refractivity contribution in [2.24, 2.45) is 0 Å². The topological polar surface area (TPSA) is 207 Å². The van der Waals surface area contributed by atoms with Gasteiger partial charge in [0.25, 0.3) is 0 Å². The Hall–Kier alpha value is -4.81. The predicted molar refractivity (Wildman–Crippen MR) is 202 cm³/mol. The highest BCUT2D eigenvalue weighted by Gasteiger charge is 2.23. The number of hydrogen-bond acceptors (Lipinski definition) is 16. The summed E-state index contributed by atoms with van der Waals surface area (Å²) in [6.45, 7) is 1.05. The van der Waals surface area contributed by atoms with Gasteiger partial charge in [0.05, 0.1) is 52.9 Å². The van der Waals surface area contributed by atoms with E-state index in [4.69, 9.17) is 39.0 Å². The molecule has 1 heterocycles. The fourth-order valence-electron chi connectivity index (χ4n) is 5.51. The normalized spacial score (nSPS) is 11.0. The summed E-state index contributed by atoms with van der Waals surface area (Å²) in [5.74, 6) is 2.40. The molecule has 3 aromatic carbocycles. The summed E-state index contributed by atoms with van der Waals surface area (Å²) in [6.07, 6.45) is 0. The molecular weight excluding hydrogens is 700 g/mol. The van der Waals surface area contributed by atoms with Crippen molar-refractivity contribution in [3.8, 4) is 17.2 Å². The molecule has 0 radical (unpaired) electrons. The molecule has 0 aliphatic heterocycles. The first kappa shape index (κ1) is 41.9. The summed E-state index contributed by atoms with van der Waals surface area (Å²) in [7, 11) is 0. The molecule has 0 saturated heterocycles. The highest BCUT2D eigenvalue weighted by molar-refractivity contribution is 5.50. The first-order valence-corrected chi connectivity index (χ1v) is 17.9. The van der Waals surface area contributed by atoms with Crippen LogP contribution in [0.2, 0.25) is 0 Å². The van der Waals surface area contributed by atoms with Gasteiger partial charge in [0.1, 0.15) is 37.1 Å². The third kappa shape index (κ3) is 12.9. The van der Waals surface area contributed by atoms with E-state index in [0.29, 0.717) is 23.9 Å². The molecule has 4 aromatic rings. The van der Waals surface area contributed by atoms with Crippen molar-refractivity contribution in [2.45, 2.75) is 19.6 Å². The zero-order chi connectivity index (χ0) is 38.4. The largest absolute Gasteiger partial charge is 0.491 e. The molecule has 0 bridgehead atoms. The van der Waals surface area contributed by atoms with Crippen LogP contribution in [0.15, 0.2) is 72.8 Å². The van der Waals surface area contributed by atoms with Crippen molar-refractivity contribution < 1.29 is 49.6 Å². The summed E-state index contributed by atoms with van der Waals surface area (Å²) in [4.78, 5) is 20.0. The lowest BCUT2D eigenvalue weighted by atomic mass is 10.2. The van der Waals surface area contributed by atoms with Gasteiger partial charge < -0.3 is 64.3 Å². The predicted octanol–water partition coefficient (Wildman–Crippen LogP) is 0.998. The van der Waals surface area contributed by atoms with Crippen LogP contribution in [0.5, 0.6) is 17.2 Å². The van der Waals surface area contributed by atoms with Gasteiger partial charge in [0.2, 0.25) is 17.8 Å². The number of aliphatic hydroxyl groups excluding tert-OH is 6. The number of hydrogen-bond donors (Lipinski definition) is 6. The molecule has 0 fully saturated rings. The summed E-state index contributed by atoms with van der Waals surface area (Å²) in [6, 6.07) is 22.2. The quantitative estimate of drug-likeness (QED) is 0.0470. The molecule has 0 spiro atoms. The Balaban J connectivity index is 1.79. The van der Waals surface area contributed by atoms with Gasteiger partial charge in [-0.05, 0) is 18.2 Å². The van der Waals surface area contributed by atoms with Crippen LogP contribution in [-0.2, 0) is 24.4 Å². The molecule has 0 atom stereocenters. The Labute approximate surface area is 315 Å². The van der Waals surface area contributed by atoms with Crippen LogP contribution in [-0.4, -0.2) is 138 Å². The average Bonchev–Trinajstić information content (AvgIpc) is 3.20. The van der Waals surface area contributed by atoms with Gasteiger partial charge in [0.15, 0.2) is 0 Å². The Kier molecular flexibility index (Phi) is 18.5. The summed E-state index contributed by atoms with van der Waals surface area (Å²) in [5, 5.41) is 58.5. The lowest BCUT2D eigenvalue weighted by molar-refractivity contribution is 0.0703. The van der Waals surface area contributed by atoms with Crippen LogP contribution in [0.1, 0.15) is 16.7 Å². The van der Waals surface area contributed by atoms with Crippen molar-refractivity contribution in [2.75, 3.05) is 107 Å². The number of para-hydroxylation sites is 3. The summed E-state index contributed by atoms with van der Waals surface area (Å²) < 4.78 is 23.0. The van der Waals surface area contributed by atoms with Crippen molar-refractivity contribution in [1.29, 1.82) is 0 Å². The minimum atomic E-state index is -0.223. The maximum absolute atomic E-state index is 10.3. The Morgan fingerprint density at radius 3 is 1.06 bits per heavy atom. The molecule has 16 heteroatoms. The van der Waals surface area contributed by atoms with E-state index in [-0.39, 0.29) is 123 Å². The first-order valence-electron chi connectivity index (χ1n) is 17.9. The second-order valence-corrected chi connectivity index (χ2v) is 11.8. The fourth-order valence-corrected chi connectivity index (χ4v) is 5.51. The maximum atomic E-state index is 10.3. The highest BCUT2D eigenvalue weighted by atomic mass is 16.5. The molecule has 6 N–H and O–H groups in total. The van der Waals surface area contributed by atoms with Crippen molar-refractivity contribution >= 4 is 17.8 Å². The van der Waals surface area contributed by atoms with Gasteiger partial charge in [-0.25, -0.2) is 0 Å². The lowest BCUT2D eigenvalue weighted by Gasteiger charge is -2.29. The fraction of sp³-hybridized carbons (Fsp3) is 0.447. The van der Waals surface area contributed by atoms with E-state index in [1.54, 1.807) is 26.8 Å². The van der Waals surface area contributed by atoms with Crippen molar-refractivity contribution in [1.82, 2.24) is 15.0 Å². The molecule has 0 saturated carbocycles. The number of aliphatic hydroxyl groups is 6. The SMILES string of the molecule is OCCOCCOc1ccccc1CN(CCO)c1nc(N(CCO)Cc2ccccc2OCCO)nc(N(CCO)Cc2ccccc2OCCO)n1. The maximum Gasteiger partial charge on any atom is 0.232 e. The van der Waals surface area contributed by atoms with Gasteiger partial charge >= 0.3 is 0 Å². The average molecular weight is 753 g/mol. The molecule has 16 nitrogen and oxygen atoms in total. The Morgan fingerprint density at radius 1 is 0.389 bits per heavy atom. The van der Waals surface area contributed by atoms with Crippen LogP contribution < -0.4 is 28.9 Å². The molecular formula is C38H52N6O10. The van der Waals surface area contributed by atoms with Crippen LogP contribution in [0.3, 0.4) is 0 Å². The van der Waals surface area contributed by atoms with E-state index in [1.807, 2.05) is 60.7 Å². The minimum absolute atomic E-state index is 0.0813. The Bertz CT molecular complexity index is 1570. The van der Waals surface area contributed by atoms with Gasteiger partial charge in [0, 0.05) is 56.0 Å². The van der Waals surface area contributed by atoms with Gasteiger partial charge in [-0.2, -0.15) is 15.0 Å². The zero-order valence-corrected chi connectivity index (χ0v) is 30.4. The van der Waals surface area contributed by atoms with E-state index in [2.05, 4.69) is 0 Å². The number of ether oxygens (including phenoxy) is 4. The van der Waals surface area contributed by atoms with E-state index < -0.39 is 0 Å². The summed E-state index contributed by atoms with van der Waals surface area (Å²) in [5.41, 5.74) is 2.33. The molecule has 0 amide bonds. The molecule has 0 unspecified atom stereocenters. The zero-order valence-electron chi connectivity index (χ0n) is 30.4. The second kappa shape index (κ2) is 23.8. The molecule has 54 heavy (non-hydrogen) atoms. The van der Waals surface area contributed by atoms with Crippen LogP contribution >= 0.6 is 0 Å². The second-order valence-electron chi connectivity index (χ2n) is 11.8. The minimum Gasteiger partial charge on any atom is -0.491 e. The van der Waals surface area contributed by atoms with Crippen molar-refractivity contribution in [3.05, 3.63) is 89.5 Å². The Morgan fingerprint density at radius 2 is 0.722 bits per heavy atom. The monoisotopic (exact) mass is 752 g/mol. The number of benzene rings is 3. The van der Waals surface area contributed by atoms with Crippen molar-refractivity contribution in [3.63, 3.8) is 0 Å².